The van der Waals surface area contributed by atoms with Gasteiger partial charge in [-0.2, -0.15) is 0 Å². The van der Waals surface area contributed by atoms with Crippen molar-refractivity contribution in [3.8, 4) is 0 Å². The van der Waals surface area contributed by atoms with E-state index in [1.165, 1.54) is 37.7 Å². The maximum atomic E-state index is 10.6. The van der Waals surface area contributed by atoms with E-state index in [0.717, 1.165) is 31.2 Å². The van der Waals surface area contributed by atoms with Crippen molar-refractivity contribution in [1.29, 1.82) is 0 Å². The highest BCUT2D eigenvalue weighted by molar-refractivity contribution is 5.28. The van der Waals surface area contributed by atoms with E-state index in [9.17, 15) is 5.11 Å². The summed E-state index contributed by atoms with van der Waals surface area (Å²) in [5.74, 6) is 0.757. The van der Waals surface area contributed by atoms with Gasteiger partial charge in [0.25, 0.3) is 0 Å². The minimum atomic E-state index is -0.498. The number of aliphatic hydroxyl groups excluding tert-OH is 1. The highest BCUT2D eigenvalue weighted by atomic mass is 16.5. The van der Waals surface area contributed by atoms with E-state index >= 15 is 0 Å². The van der Waals surface area contributed by atoms with Crippen LogP contribution in [0, 0.1) is 0 Å². The van der Waals surface area contributed by atoms with Crippen molar-refractivity contribution in [2.75, 3.05) is 19.7 Å². The van der Waals surface area contributed by atoms with Gasteiger partial charge in [0.2, 0.25) is 0 Å². The number of hydrogen-bond acceptors (Lipinski definition) is 3. The van der Waals surface area contributed by atoms with E-state index in [-0.39, 0.29) is 6.10 Å². The lowest BCUT2D eigenvalue weighted by Crippen LogP contribution is -2.48. The molecule has 2 aliphatic heterocycles. The summed E-state index contributed by atoms with van der Waals surface area (Å²) in [6, 6.07) is 9.18. The Labute approximate surface area is 126 Å². The number of benzene rings is 1. The standard InChI is InChI=1S/C18H25NO2/c20-18(17-11-19-10-2-5-16(19)12-21-17)15-8-6-14(7-9-15)13-3-1-4-13/h6-9,13,16-18,20H,1-5,10-12H2. The quantitative estimate of drug-likeness (QED) is 0.928. The highest BCUT2D eigenvalue weighted by Crippen LogP contribution is 2.37. The van der Waals surface area contributed by atoms with Crippen molar-refractivity contribution in [2.45, 2.75) is 56.3 Å². The molecule has 0 bridgehead atoms. The lowest BCUT2D eigenvalue weighted by Gasteiger charge is -2.37. The van der Waals surface area contributed by atoms with Gasteiger partial charge in [-0.05, 0) is 49.3 Å². The average Bonchev–Trinajstić information content (AvgIpc) is 2.93. The van der Waals surface area contributed by atoms with Gasteiger partial charge in [-0.3, -0.25) is 4.90 Å². The summed E-state index contributed by atoms with van der Waals surface area (Å²) in [6.07, 6.45) is 5.96. The van der Waals surface area contributed by atoms with Gasteiger partial charge in [-0.25, -0.2) is 0 Å². The van der Waals surface area contributed by atoms with E-state index in [0.29, 0.717) is 6.04 Å². The molecule has 1 saturated carbocycles. The SMILES string of the molecule is OC(c1ccc(C2CCC2)cc1)C1CN2CCCC2CO1. The second-order valence-corrected chi connectivity index (χ2v) is 6.90. The molecule has 3 nitrogen and oxygen atoms in total. The Morgan fingerprint density at radius 2 is 1.90 bits per heavy atom. The molecule has 114 valence electrons. The van der Waals surface area contributed by atoms with Gasteiger partial charge in [0.1, 0.15) is 12.2 Å². The Hall–Kier alpha value is -0.900. The zero-order chi connectivity index (χ0) is 14.2. The summed E-state index contributed by atoms with van der Waals surface area (Å²) in [5.41, 5.74) is 2.43. The van der Waals surface area contributed by atoms with Crippen LogP contribution >= 0.6 is 0 Å². The minimum Gasteiger partial charge on any atom is -0.386 e. The van der Waals surface area contributed by atoms with E-state index in [4.69, 9.17) is 4.74 Å². The van der Waals surface area contributed by atoms with Crippen LogP contribution in [0.15, 0.2) is 24.3 Å². The van der Waals surface area contributed by atoms with Crippen molar-refractivity contribution >= 4 is 0 Å². The average molecular weight is 287 g/mol. The Morgan fingerprint density at radius 3 is 2.62 bits per heavy atom. The summed E-state index contributed by atoms with van der Waals surface area (Å²) < 4.78 is 5.93. The largest absolute Gasteiger partial charge is 0.386 e. The zero-order valence-corrected chi connectivity index (χ0v) is 12.6. The number of rotatable bonds is 3. The summed E-state index contributed by atoms with van der Waals surface area (Å²) in [6.45, 7) is 2.82. The smallest absolute Gasteiger partial charge is 0.106 e. The summed E-state index contributed by atoms with van der Waals surface area (Å²) in [4.78, 5) is 2.49. The van der Waals surface area contributed by atoms with Crippen LogP contribution in [0.25, 0.3) is 0 Å². The minimum absolute atomic E-state index is 0.0751. The van der Waals surface area contributed by atoms with Crippen LogP contribution in [0.3, 0.4) is 0 Å². The maximum Gasteiger partial charge on any atom is 0.106 e. The van der Waals surface area contributed by atoms with Crippen LogP contribution in [0.4, 0.5) is 0 Å². The first kappa shape index (κ1) is 13.7. The topological polar surface area (TPSA) is 32.7 Å². The Morgan fingerprint density at radius 1 is 1.10 bits per heavy atom. The Balaban J connectivity index is 1.42. The van der Waals surface area contributed by atoms with Gasteiger partial charge in [0.05, 0.1) is 6.61 Å². The fourth-order valence-electron chi connectivity index (χ4n) is 3.96. The first-order valence-electron chi connectivity index (χ1n) is 8.45. The van der Waals surface area contributed by atoms with Gasteiger partial charge in [-0.1, -0.05) is 30.7 Å². The number of hydrogen-bond donors (Lipinski definition) is 1. The molecule has 21 heavy (non-hydrogen) atoms. The van der Waals surface area contributed by atoms with Crippen LogP contribution < -0.4 is 0 Å². The Bertz CT molecular complexity index is 482. The third kappa shape index (κ3) is 2.63. The van der Waals surface area contributed by atoms with E-state index in [1.54, 1.807) is 0 Å². The predicted molar refractivity (Wildman–Crippen MR) is 82.3 cm³/mol. The van der Waals surface area contributed by atoms with Crippen molar-refractivity contribution in [3.05, 3.63) is 35.4 Å². The van der Waals surface area contributed by atoms with Gasteiger partial charge < -0.3 is 9.84 Å². The van der Waals surface area contributed by atoms with Crippen LogP contribution in [0.2, 0.25) is 0 Å². The molecule has 4 rings (SSSR count). The molecule has 0 amide bonds. The third-order valence-electron chi connectivity index (χ3n) is 5.62. The van der Waals surface area contributed by atoms with Crippen LogP contribution in [-0.4, -0.2) is 41.8 Å². The molecule has 0 radical (unpaired) electrons. The van der Waals surface area contributed by atoms with E-state index in [1.807, 2.05) is 0 Å². The third-order valence-corrected chi connectivity index (χ3v) is 5.62. The number of nitrogens with zero attached hydrogens (tertiary/aromatic N) is 1. The number of morpholine rings is 1. The number of ether oxygens (including phenoxy) is 1. The fourth-order valence-corrected chi connectivity index (χ4v) is 3.96. The Kier molecular flexibility index (Phi) is 3.74. The predicted octanol–water partition coefficient (Wildman–Crippen LogP) is 2.85. The van der Waals surface area contributed by atoms with Crippen molar-refractivity contribution in [3.63, 3.8) is 0 Å². The van der Waals surface area contributed by atoms with Crippen LogP contribution in [0.1, 0.15) is 55.3 Å². The molecule has 0 spiro atoms. The molecule has 1 aromatic rings. The fraction of sp³-hybridized carbons (Fsp3) is 0.667. The summed E-state index contributed by atoms with van der Waals surface area (Å²) in [7, 11) is 0. The molecule has 1 aromatic carbocycles. The zero-order valence-electron chi connectivity index (χ0n) is 12.6. The molecule has 3 fully saturated rings. The van der Waals surface area contributed by atoms with E-state index in [2.05, 4.69) is 29.2 Å². The van der Waals surface area contributed by atoms with Crippen molar-refractivity contribution < 1.29 is 9.84 Å². The first-order valence-corrected chi connectivity index (χ1v) is 8.45. The first-order chi connectivity index (χ1) is 10.3. The normalized spacial score (nSPS) is 31.7. The molecule has 1 aliphatic carbocycles. The molecule has 0 aromatic heterocycles. The van der Waals surface area contributed by atoms with Gasteiger partial charge in [-0.15, -0.1) is 0 Å². The van der Waals surface area contributed by atoms with Gasteiger partial charge in [0, 0.05) is 12.6 Å². The molecule has 3 unspecified atom stereocenters. The van der Waals surface area contributed by atoms with Gasteiger partial charge >= 0.3 is 0 Å². The monoisotopic (exact) mass is 287 g/mol. The number of fused-ring (bicyclic) bond motifs is 1. The maximum absolute atomic E-state index is 10.6. The van der Waals surface area contributed by atoms with Crippen LogP contribution in [-0.2, 0) is 4.74 Å². The molecule has 3 atom stereocenters. The lowest BCUT2D eigenvalue weighted by atomic mass is 9.80. The lowest BCUT2D eigenvalue weighted by molar-refractivity contribution is -0.103. The molecule has 3 heteroatoms. The van der Waals surface area contributed by atoms with Crippen molar-refractivity contribution in [1.82, 2.24) is 4.90 Å². The van der Waals surface area contributed by atoms with Crippen molar-refractivity contribution in [2.24, 2.45) is 0 Å². The molecule has 2 heterocycles. The summed E-state index contributed by atoms with van der Waals surface area (Å²) >= 11 is 0. The molecular weight excluding hydrogens is 262 g/mol. The summed E-state index contributed by atoms with van der Waals surface area (Å²) in [5, 5.41) is 10.6. The second kappa shape index (κ2) is 5.71. The molecule has 1 N–H and O–H groups in total. The molecule has 3 aliphatic rings. The molecule has 2 saturated heterocycles. The second-order valence-electron chi connectivity index (χ2n) is 6.90. The van der Waals surface area contributed by atoms with E-state index < -0.39 is 6.10 Å². The molecular formula is C18H25NO2. The highest BCUT2D eigenvalue weighted by Gasteiger charge is 2.35. The number of aliphatic hydroxyl groups is 1. The van der Waals surface area contributed by atoms with Crippen LogP contribution in [0.5, 0.6) is 0 Å². The van der Waals surface area contributed by atoms with Gasteiger partial charge in [0.15, 0.2) is 0 Å².